The minimum absolute atomic E-state index is 0.0623. The Morgan fingerprint density at radius 1 is 0.667 bits per heavy atom. The number of rotatable bonds is 24. The maximum atomic E-state index is 13.2. The van der Waals surface area contributed by atoms with Crippen LogP contribution in [0.1, 0.15) is 141 Å². The topological polar surface area (TPSA) is 52.3 Å². The molecule has 0 heterocycles. The first-order valence-electron chi connectivity index (χ1n) is 14.9. The zero-order chi connectivity index (χ0) is 26.3. The lowest BCUT2D eigenvalue weighted by Gasteiger charge is -2.12. The second-order valence-corrected chi connectivity index (χ2v) is 10.5. The number of carbonyl (C=O) groups is 1. The molecule has 0 radical (unpaired) electrons. The Labute approximate surface area is 220 Å². The Balaban J connectivity index is 1.81. The van der Waals surface area contributed by atoms with Crippen molar-refractivity contribution in [2.45, 2.75) is 148 Å². The van der Waals surface area contributed by atoms with E-state index in [2.05, 4.69) is 6.92 Å². The Hall–Kier alpha value is -1.49. The highest BCUT2D eigenvalue weighted by molar-refractivity contribution is 5.75. The van der Waals surface area contributed by atoms with Crippen LogP contribution in [0, 0.1) is 11.6 Å². The Morgan fingerprint density at radius 2 is 1.03 bits per heavy atom. The van der Waals surface area contributed by atoms with E-state index in [4.69, 9.17) is 10.5 Å². The van der Waals surface area contributed by atoms with E-state index in [0.29, 0.717) is 12.2 Å². The third-order valence-electron chi connectivity index (χ3n) is 6.92. The zero-order valence-electron chi connectivity index (χ0n) is 23.0. The second-order valence-electron chi connectivity index (χ2n) is 10.5. The lowest BCUT2D eigenvalue weighted by Crippen LogP contribution is -2.34. The Kier molecular flexibility index (Phi) is 20.5. The van der Waals surface area contributed by atoms with Crippen LogP contribution in [-0.2, 0) is 16.0 Å². The zero-order valence-corrected chi connectivity index (χ0v) is 23.0. The van der Waals surface area contributed by atoms with Crippen molar-refractivity contribution in [2.75, 3.05) is 6.61 Å². The third-order valence-corrected chi connectivity index (χ3v) is 6.92. The standard InChI is InChI=1S/C31H53F2NO2/c1-2-3-4-5-6-7-8-9-10-11-12-13-14-15-16-17-18-19-20-21-22-36-31(35)30(34)25-27-23-28(32)26-29(33)24-27/h23-24,26,30H,2-22,25,34H2,1H3/t30-/m0/s1. The third kappa shape index (κ3) is 18.7. The van der Waals surface area contributed by atoms with Gasteiger partial charge in [-0.2, -0.15) is 0 Å². The van der Waals surface area contributed by atoms with Crippen molar-refractivity contribution in [1.82, 2.24) is 0 Å². The number of benzene rings is 1. The summed E-state index contributed by atoms with van der Waals surface area (Å²) in [5, 5.41) is 0. The number of hydrogen-bond donors (Lipinski definition) is 1. The molecule has 1 rings (SSSR count). The summed E-state index contributed by atoms with van der Waals surface area (Å²) in [6.45, 7) is 2.63. The van der Waals surface area contributed by atoms with Gasteiger partial charge in [-0.1, -0.05) is 129 Å². The van der Waals surface area contributed by atoms with Crippen LogP contribution in [0.4, 0.5) is 8.78 Å². The van der Waals surface area contributed by atoms with Gasteiger partial charge in [0.25, 0.3) is 0 Å². The molecule has 2 N–H and O–H groups in total. The summed E-state index contributed by atoms with van der Waals surface area (Å²) in [7, 11) is 0. The number of halogens is 2. The molecule has 0 aliphatic rings. The van der Waals surface area contributed by atoms with Crippen LogP contribution in [0.5, 0.6) is 0 Å². The summed E-state index contributed by atoms with van der Waals surface area (Å²) in [5.74, 6) is -1.86. The molecule has 0 aliphatic carbocycles. The van der Waals surface area contributed by atoms with Crippen molar-refractivity contribution in [3.63, 3.8) is 0 Å². The van der Waals surface area contributed by atoms with Crippen LogP contribution in [0.2, 0.25) is 0 Å². The first kappa shape index (κ1) is 32.5. The van der Waals surface area contributed by atoms with Gasteiger partial charge in [0.15, 0.2) is 0 Å². The van der Waals surface area contributed by atoms with Gasteiger partial charge in [-0.05, 0) is 30.5 Å². The second kappa shape index (κ2) is 22.7. The van der Waals surface area contributed by atoms with Gasteiger partial charge in [0.2, 0.25) is 0 Å². The lowest BCUT2D eigenvalue weighted by atomic mass is 10.0. The number of ether oxygens (including phenoxy) is 1. The molecule has 0 fully saturated rings. The number of esters is 1. The van der Waals surface area contributed by atoms with Crippen molar-refractivity contribution in [3.05, 3.63) is 35.4 Å². The van der Waals surface area contributed by atoms with Gasteiger partial charge >= 0.3 is 5.97 Å². The van der Waals surface area contributed by atoms with E-state index in [1.165, 1.54) is 121 Å². The summed E-state index contributed by atoms with van der Waals surface area (Å²) in [4.78, 5) is 12.0. The minimum atomic E-state index is -0.906. The highest BCUT2D eigenvalue weighted by atomic mass is 19.1. The SMILES string of the molecule is CCCCCCCCCCCCCCCCCCCCCCOC(=O)[C@@H](N)Cc1cc(F)cc(F)c1. The van der Waals surface area contributed by atoms with Crippen molar-refractivity contribution in [3.8, 4) is 0 Å². The number of hydrogen-bond acceptors (Lipinski definition) is 3. The molecule has 208 valence electrons. The number of unbranched alkanes of at least 4 members (excludes halogenated alkanes) is 19. The average Bonchev–Trinajstić information content (AvgIpc) is 2.84. The van der Waals surface area contributed by atoms with Gasteiger partial charge in [0, 0.05) is 6.07 Å². The molecule has 1 atom stereocenters. The van der Waals surface area contributed by atoms with Gasteiger partial charge in [0.1, 0.15) is 17.7 Å². The smallest absolute Gasteiger partial charge is 0.323 e. The van der Waals surface area contributed by atoms with Gasteiger partial charge in [-0.3, -0.25) is 4.79 Å². The molecule has 1 aromatic rings. The van der Waals surface area contributed by atoms with Crippen LogP contribution in [0.3, 0.4) is 0 Å². The van der Waals surface area contributed by atoms with E-state index in [1.54, 1.807) is 0 Å². The average molecular weight is 510 g/mol. The van der Waals surface area contributed by atoms with Gasteiger partial charge < -0.3 is 10.5 Å². The van der Waals surface area contributed by atoms with Crippen molar-refractivity contribution in [1.29, 1.82) is 0 Å². The van der Waals surface area contributed by atoms with E-state index in [-0.39, 0.29) is 6.42 Å². The van der Waals surface area contributed by atoms with Crippen LogP contribution < -0.4 is 5.73 Å². The predicted molar refractivity (Wildman–Crippen MR) is 147 cm³/mol. The highest BCUT2D eigenvalue weighted by Crippen LogP contribution is 2.15. The van der Waals surface area contributed by atoms with Crippen molar-refractivity contribution >= 4 is 5.97 Å². The molecule has 0 aromatic heterocycles. The van der Waals surface area contributed by atoms with Crippen molar-refractivity contribution < 1.29 is 18.3 Å². The lowest BCUT2D eigenvalue weighted by molar-refractivity contribution is -0.145. The summed E-state index contributed by atoms with van der Waals surface area (Å²) in [6.07, 6.45) is 26.6. The quantitative estimate of drug-likeness (QED) is 0.112. The maximum absolute atomic E-state index is 13.2. The molecular formula is C31H53F2NO2. The summed E-state index contributed by atoms with van der Waals surface area (Å²) >= 11 is 0. The van der Waals surface area contributed by atoms with Gasteiger partial charge in [-0.15, -0.1) is 0 Å². The number of nitrogens with two attached hydrogens (primary N) is 1. The molecule has 0 amide bonds. The molecule has 36 heavy (non-hydrogen) atoms. The fourth-order valence-electron chi connectivity index (χ4n) is 4.70. The largest absolute Gasteiger partial charge is 0.465 e. The molecule has 1 aromatic carbocycles. The Bertz CT molecular complexity index is 648. The molecule has 0 unspecified atom stereocenters. The van der Waals surface area contributed by atoms with Crippen LogP contribution in [0.15, 0.2) is 18.2 Å². The van der Waals surface area contributed by atoms with E-state index >= 15 is 0 Å². The first-order valence-corrected chi connectivity index (χ1v) is 14.9. The van der Waals surface area contributed by atoms with E-state index in [1.807, 2.05) is 0 Å². The van der Waals surface area contributed by atoms with Gasteiger partial charge in [-0.25, -0.2) is 8.78 Å². The van der Waals surface area contributed by atoms with Crippen LogP contribution in [-0.4, -0.2) is 18.6 Å². The fourth-order valence-corrected chi connectivity index (χ4v) is 4.70. The molecule has 5 heteroatoms. The molecule has 0 aliphatic heterocycles. The molecular weight excluding hydrogens is 456 g/mol. The summed E-state index contributed by atoms with van der Waals surface area (Å²) in [6, 6.07) is 2.27. The first-order chi connectivity index (χ1) is 17.5. The minimum Gasteiger partial charge on any atom is -0.465 e. The highest BCUT2D eigenvalue weighted by Gasteiger charge is 2.16. The number of carbonyl (C=O) groups excluding carboxylic acids is 1. The summed E-state index contributed by atoms with van der Waals surface area (Å²) in [5.41, 5.74) is 6.18. The molecule has 0 saturated carbocycles. The molecule has 0 saturated heterocycles. The molecule has 0 spiro atoms. The normalized spacial score (nSPS) is 12.1. The fraction of sp³-hybridized carbons (Fsp3) is 0.774. The monoisotopic (exact) mass is 509 g/mol. The van der Waals surface area contributed by atoms with Crippen LogP contribution in [0.25, 0.3) is 0 Å². The van der Waals surface area contributed by atoms with E-state index < -0.39 is 23.6 Å². The summed E-state index contributed by atoms with van der Waals surface area (Å²) < 4.78 is 31.7. The van der Waals surface area contributed by atoms with E-state index in [0.717, 1.165) is 25.3 Å². The molecule has 0 bridgehead atoms. The predicted octanol–water partition coefficient (Wildman–Crippen LogP) is 9.20. The van der Waals surface area contributed by atoms with Crippen LogP contribution >= 0.6 is 0 Å². The van der Waals surface area contributed by atoms with E-state index in [9.17, 15) is 13.6 Å². The van der Waals surface area contributed by atoms with Crippen molar-refractivity contribution in [2.24, 2.45) is 5.73 Å². The van der Waals surface area contributed by atoms with Gasteiger partial charge in [0.05, 0.1) is 6.61 Å². The molecule has 3 nitrogen and oxygen atoms in total. The Morgan fingerprint density at radius 3 is 1.42 bits per heavy atom. The maximum Gasteiger partial charge on any atom is 0.323 e.